The molecule has 3 aliphatic rings. The SMILES string of the molecule is C[C@H]1C[C@H]1C(=O)N1CCCC[C@@H]1c1nc2c(c(=O)[nH]1)CCN(Cc1cccs1)C2. The number of amides is 1. The number of hydrogen-bond acceptors (Lipinski definition) is 5. The van der Waals surface area contributed by atoms with Crippen molar-refractivity contribution in [1.29, 1.82) is 0 Å². The Kier molecular flexibility index (Phi) is 5.04. The summed E-state index contributed by atoms with van der Waals surface area (Å²) in [7, 11) is 0. The number of carbonyl (C=O) groups is 1. The van der Waals surface area contributed by atoms with Crippen molar-refractivity contribution in [2.45, 2.75) is 58.2 Å². The molecule has 2 fully saturated rings. The molecule has 0 aromatic carbocycles. The van der Waals surface area contributed by atoms with E-state index in [2.05, 4.69) is 34.3 Å². The summed E-state index contributed by atoms with van der Waals surface area (Å²) in [6, 6.07) is 4.14. The fourth-order valence-electron chi connectivity index (χ4n) is 4.79. The first-order chi connectivity index (χ1) is 14.1. The fourth-order valence-corrected chi connectivity index (χ4v) is 5.53. The average molecular weight is 413 g/mol. The fraction of sp³-hybridized carbons (Fsp3) is 0.591. The molecule has 154 valence electrons. The van der Waals surface area contributed by atoms with Gasteiger partial charge in [0.1, 0.15) is 5.82 Å². The van der Waals surface area contributed by atoms with E-state index in [1.165, 1.54) is 4.88 Å². The van der Waals surface area contributed by atoms with Crippen LogP contribution in [0.2, 0.25) is 0 Å². The zero-order chi connectivity index (χ0) is 20.0. The van der Waals surface area contributed by atoms with Gasteiger partial charge in [-0.05, 0) is 49.5 Å². The molecule has 1 amide bonds. The third kappa shape index (κ3) is 3.78. The van der Waals surface area contributed by atoms with Gasteiger partial charge in [-0.25, -0.2) is 4.98 Å². The van der Waals surface area contributed by atoms with Gasteiger partial charge in [-0.15, -0.1) is 11.3 Å². The topological polar surface area (TPSA) is 69.3 Å². The lowest BCUT2D eigenvalue weighted by atomic mass is 9.99. The molecule has 7 heteroatoms. The van der Waals surface area contributed by atoms with Gasteiger partial charge in [-0.3, -0.25) is 14.5 Å². The predicted octanol–water partition coefficient (Wildman–Crippen LogP) is 3.10. The van der Waals surface area contributed by atoms with E-state index in [1.807, 2.05) is 4.90 Å². The Hall–Kier alpha value is -1.99. The highest BCUT2D eigenvalue weighted by molar-refractivity contribution is 7.09. The minimum atomic E-state index is -0.0882. The van der Waals surface area contributed by atoms with Gasteiger partial charge in [-0.1, -0.05) is 13.0 Å². The number of nitrogens with zero attached hydrogens (tertiary/aromatic N) is 3. The van der Waals surface area contributed by atoms with Crippen LogP contribution < -0.4 is 5.56 Å². The van der Waals surface area contributed by atoms with E-state index < -0.39 is 0 Å². The molecule has 1 aliphatic carbocycles. The number of H-pyrrole nitrogens is 1. The number of aromatic amines is 1. The molecule has 2 aromatic rings. The number of thiophene rings is 1. The second-order valence-corrected chi connectivity index (χ2v) is 9.81. The molecular formula is C22H28N4O2S. The van der Waals surface area contributed by atoms with E-state index in [9.17, 15) is 9.59 Å². The molecular weight excluding hydrogens is 384 g/mol. The summed E-state index contributed by atoms with van der Waals surface area (Å²) in [6.07, 6.45) is 4.71. The highest BCUT2D eigenvalue weighted by Crippen LogP contribution is 2.42. The van der Waals surface area contributed by atoms with Crippen molar-refractivity contribution in [2.24, 2.45) is 11.8 Å². The van der Waals surface area contributed by atoms with Gasteiger partial charge in [0.25, 0.3) is 5.56 Å². The lowest BCUT2D eigenvalue weighted by Crippen LogP contribution is -2.42. The Morgan fingerprint density at radius 2 is 2.21 bits per heavy atom. The van der Waals surface area contributed by atoms with Crippen molar-refractivity contribution in [2.75, 3.05) is 13.1 Å². The van der Waals surface area contributed by atoms with Crippen LogP contribution in [-0.4, -0.2) is 38.8 Å². The van der Waals surface area contributed by atoms with Crippen LogP contribution in [0.4, 0.5) is 0 Å². The molecule has 0 unspecified atom stereocenters. The zero-order valence-electron chi connectivity index (χ0n) is 16.9. The summed E-state index contributed by atoms with van der Waals surface area (Å²) in [4.78, 5) is 39.4. The van der Waals surface area contributed by atoms with Gasteiger partial charge >= 0.3 is 0 Å². The summed E-state index contributed by atoms with van der Waals surface area (Å²) < 4.78 is 0. The molecule has 1 saturated carbocycles. The minimum Gasteiger partial charge on any atom is -0.332 e. The normalized spacial score (nSPS) is 26.9. The molecule has 1 saturated heterocycles. The maximum absolute atomic E-state index is 13.0. The lowest BCUT2D eigenvalue weighted by Gasteiger charge is -2.36. The van der Waals surface area contributed by atoms with E-state index in [1.54, 1.807) is 11.3 Å². The molecule has 2 aliphatic heterocycles. The van der Waals surface area contributed by atoms with Gasteiger partial charge < -0.3 is 9.88 Å². The largest absolute Gasteiger partial charge is 0.332 e. The van der Waals surface area contributed by atoms with Gasteiger partial charge in [0.2, 0.25) is 5.91 Å². The average Bonchev–Trinajstić information content (AvgIpc) is 3.23. The van der Waals surface area contributed by atoms with Crippen LogP contribution in [0.15, 0.2) is 22.3 Å². The van der Waals surface area contributed by atoms with Crippen molar-refractivity contribution in [3.8, 4) is 0 Å². The molecule has 0 radical (unpaired) electrons. The number of fused-ring (bicyclic) bond motifs is 1. The first kappa shape index (κ1) is 19.0. The zero-order valence-corrected chi connectivity index (χ0v) is 17.7. The van der Waals surface area contributed by atoms with Crippen molar-refractivity contribution >= 4 is 17.2 Å². The van der Waals surface area contributed by atoms with Gasteiger partial charge in [0.15, 0.2) is 0 Å². The van der Waals surface area contributed by atoms with Gasteiger partial charge in [-0.2, -0.15) is 0 Å². The predicted molar refractivity (Wildman–Crippen MR) is 113 cm³/mol. The van der Waals surface area contributed by atoms with Crippen molar-refractivity contribution in [3.63, 3.8) is 0 Å². The number of likely N-dealkylation sites (tertiary alicyclic amines) is 1. The van der Waals surface area contributed by atoms with E-state index in [4.69, 9.17) is 4.98 Å². The Bertz CT molecular complexity index is 954. The Balaban J connectivity index is 1.40. The van der Waals surface area contributed by atoms with Crippen LogP contribution in [0.25, 0.3) is 0 Å². The van der Waals surface area contributed by atoms with Gasteiger partial charge in [0.05, 0.1) is 11.7 Å². The highest BCUT2D eigenvalue weighted by Gasteiger charge is 2.44. The Labute approximate surface area is 175 Å². The smallest absolute Gasteiger partial charge is 0.254 e. The first-order valence-corrected chi connectivity index (χ1v) is 11.7. The Morgan fingerprint density at radius 3 is 2.97 bits per heavy atom. The molecule has 29 heavy (non-hydrogen) atoms. The van der Waals surface area contributed by atoms with Crippen LogP contribution in [0.3, 0.4) is 0 Å². The lowest BCUT2D eigenvalue weighted by molar-refractivity contribution is -0.137. The summed E-state index contributed by atoms with van der Waals surface area (Å²) in [5.41, 5.74) is 1.70. The highest BCUT2D eigenvalue weighted by atomic mass is 32.1. The maximum atomic E-state index is 13.0. The van der Waals surface area contributed by atoms with E-state index in [0.29, 0.717) is 18.3 Å². The minimum absolute atomic E-state index is 0.0152. The van der Waals surface area contributed by atoms with E-state index >= 15 is 0 Å². The number of nitrogens with one attached hydrogen (secondary N) is 1. The van der Waals surface area contributed by atoms with Crippen LogP contribution in [-0.2, 0) is 24.3 Å². The van der Waals surface area contributed by atoms with Crippen LogP contribution in [0.5, 0.6) is 0 Å². The van der Waals surface area contributed by atoms with E-state index in [-0.39, 0.29) is 23.4 Å². The van der Waals surface area contributed by atoms with Crippen molar-refractivity contribution < 1.29 is 4.79 Å². The number of rotatable bonds is 4. The quantitative estimate of drug-likeness (QED) is 0.838. The second-order valence-electron chi connectivity index (χ2n) is 8.78. The maximum Gasteiger partial charge on any atom is 0.254 e. The van der Waals surface area contributed by atoms with Crippen LogP contribution in [0.1, 0.15) is 60.6 Å². The summed E-state index contributed by atoms with van der Waals surface area (Å²) in [6.45, 7) is 5.39. The molecule has 0 bridgehead atoms. The molecule has 1 N–H and O–H groups in total. The summed E-state index contributed by atoms with van der Waals surface area (Å²) in [5.74, 6) is 1.60. The van der Waals surface area contributed by atoms with Crippen LogP contribution >= 0.6 is 11.3 Å². The number of piperidine rings is 1. The molecule has 6 nitrogen and oxygen atoms in total. The van der Waals surface area contributed by atoms with Crippen molar-refractivity contribution in [1.82, 2.24) is 19.8 Å². The molecule has 3 atom stereocenters. The Morgan fingerprint density at radius 1 is 1.34 bits per heavy atom. The summed E-state index contributed by atoms with van der Waals surface area (Å²) >= 11 is 1.76. The third-order valence-corrected chi connectivity index (χ3v) is 7.52. The van der Waals surface area contributed by atoms with Crippen molar-refractivity contribution in [3.05, 3.63) is 49.8 Å². The molecule has 2 aromatic heterocycles. The summed E-state index contributed by atoms with van der Waals surface area (Å²) in [5, 5.41) is 2.10. The first-order valence-electron chi connectivity index (χ1n) is 10.8. The number of aromatic nitrogens is 2. The number of carbonyl (C=O) groups excluding carboxylic acids is 1. The standard InChI is InChI=1S/C22H28N4O2S/c1-14-11-17(14)22(28)26-8-3-2-6-19(26)20-23-18-13-25(12-15-5-4-10-29-15)9-7-16(18)21(27)24-20/h4-5,10,14,17,19H,2-3,6-9,11-13H2,1H3,(H,23,24,27)/t14-,17+,19+/m0/s1. The molecule has 0 spiro atoms. The van der Waals surface area contributed by atoms with Gasteiger partial charge in [0, 0.05) is 42.5 Å². The third-order valence-electron chi connectivity index (χ3n) is 6.66. The molecule has 4 heterocycles. The number of hydrogen-bond donors (Lipinski definition) is 1. The monoisotopic (exact) mass is 412 g/mol. The van der Waals surface area contributed by atoms with Crippen LogP contribution in [0, 0.1) is 11.8 Å². The second kappa shape index (κ2) is 7.69. The molecule has 5 rings (SSSR count). The van der Waals surface area contributed by atoms with E-state index in [0.717, 1.165) is 63.0 Å².